The van der Waals surface area contributed by atoms with E-state index in [-0.39, 0.29) is 16.0 Å². The molecular formula is C14H7NO8. The van der Waals surface area contributed by atoms with Crippen LogP contribution in [0.15, 0.2) is 24.3 Å². The molecule has 2 rings (SSSR count). The van der Waals surface area contributed by atoms with Gasteiger partial charge in [-0.3, -0.25) is 33.7 Å². The number of benzene rings is 1. The van der Waals surface area contributed by atoms with Crippen molar-refractivity contribution in [2.75, 3.05) is 0 Å². The molecule has 2 amide bonds. The van der Waals surface area contributed by atoms with Gasteiger partial charge in [0.15, 0.2) is 6.29 Å². The van der Waals surface area contributed by atoms with Gasteiger partial charge in [-0.15, -0.1) is 0 Å². The zero-order chi connectivity index (χ0) is 17.3. The van der Waals surface area contributed by atoms with Crippen LogP contribution in [0.4, 0.5) is 0 Å². The molecule has 23 heavy (non-hydrogen) atoms. The molecule has 1 aromatic carbocycles. The van der Waals surface area contributed by atoms with Crippen molar-refractivity contribution in [2.24, 2.45) is 0 Å². The van der Waals surface area contributed by atoms with E-state index in [2.05, 4.69) is 0 Å². The van der Waals surface area contributed by atoms with Crippen LogP contribution in [-0.2, 0) is 24.0 Å². The molecule has 0 saturated carbocycles. The number of amides is 2. The number of carboxylic acids is 1. The second-order valence-electron chi connectivity index (χ2n) is 4.44. The molecule has 1 aliphatic rings. The largest absolute Gasteiger partial charge is 0.479 e. The van der Waals surface area contributed by atoms with E-state index < -0.39 is 47.5 Å². The van der Waals surface area contributed by atoms with Crippen LogP contribution in [0.25, 0.3) is 0 Å². The Balaban J connectivity index is 2.47. The quantitative estimate of drug-likeness (QED) is 0.293. The molecule has 1 unspecified atom stereocenters. The number of carboxylic acid groups (broad SMARTS) is 1. The fourth-order valence-corrected chi connectivity index (χ4v) is 2.08. The molecule has 0 fully saturated rings. The minimum absolute atomic E-state index is 0.0886. The first kappa shape index (κ1) is 15.9. The molecule has 9 heteroatoms. The van der Waals surface area contributed by atoms with Crippen molar-refractivity contribution in [3.05, 3.63) is 35.4 Å². The summed E-state index contributed by atoms with van der Waals surface area (Å²) in [5.74, 6) is -9.67. The van der Waals surface area contributed by atoms with Gasteiger partial charge in [0, 0.05) is 0 Å². The Morgan fingerprint density at radius 3 is 1.87 bits per heavy atom. The van der Waals surface area contributed by atoms with E-state index in [1.54, 1.807) is 0 Å². The van der Waals surface area contributed by atoms with Crippen molar-refractivity contribution >= 4 is 41.4 Å². The highest BCUT2D eigenvalue weighted by Gasteiger charge is 2.48. The molecule has 0 aromatic heterocycles. The van der Waals surface area contributed by atoms with Crippen molar-refractivity contribution in [3.8, 4) is 0 Å². The number of Topliss-reactive ketones (excluding diaryl/α,β-unsaturated/α-hetero) is 3. The van der Waals surface area contributed by atoms with Gasteiger partial charge in [0.25, 0.3) is 23.4 Å². The van der Waals surface area contributed by atoms with Crippen LogP contribution in [-0.4, -0.2) is 57.5 Å². The summed E-state index contributed by atoms with van der Waals surface area (Å²) < 4.78 is 0. The second kappa shape index (κ2) is 5.72. The zero-order valence-electron chi connectivity index (χ0n) is 11.2. The van der Waals surface area contributed by atoms with Crippen molar-refractivity contribution < 1.29 is 38.7 Å². The van der Waals surface area contributed by atoms with Crippen LogP contribution < -0.4 is 0 Å². The second-order valence-corrected chi connectivity index (χ2v) is 4.44. The van der Waals surface area contributed by atoms with Gasteiger partial charge in [0.1, 0.15) is 0 Å². The third-order valence-electron chi connectivity index (χ3n) is 3.12. The van der Waals surface area contributed by atoms with Gasteiger partial charge in [-0.1, -0.05) is 12.1 Å². The van der Waals surface area contributed by atoms with Crippen LogP contribution in [0.3, 0.4) is 0 Å². The summed E-state index contributed by atoms with van der Waals surface area (Å²) in [4.78, 5) is 80.1. The number of carbonyl (C=O) groups excluding carboxylic acids is 6. The van der Waals surface area contributed by atoms with E-state index in [4.69, 9.17) is 5.11 Å². The maximum absolute atomic E-state index is 12.1. The number of aldehydes is 1. The maximum atomic E-state index is 12.1. The van der Waals surface area contributed by atoms with Crippen molar-refractivity contribution in [2.45, 2.75) is 6.04 Å². The average Bonchev–Trinajstić information content (AvgIpc) is 2.79. The molecule has 1 N–H and O–H groups in total. The standard InChI is InChI=1S/C14H7NO8/c16-5-8(17)10(18)11(19)9(14(22)23)15-12(20)6-3-1-2-4-7(6)13(15)21/h1-5,9H,(H,22,23). The molecule has 1 atom stereocenters. The predicted octanol–water partition coefficient (Wildman–Crippen LogP) is -1.36. The number of rotatable bonds is 6. The minimum Gasteiger partial charge on any atom is -0.479 e. The lowest BCUT2D eigenvalue weighted by molar-refractivity contribution is -0.152. The van der Waals surface area contributed by atoms with Crippen molar-refractivity contribution in [1.29, 1.82) is 0 Å². The summed E-state index contributed by atoms with van der Waals surface area (Å²) >= 11 is 0. The van der Waals surface area contributed by atoms with E-state index >= 15 is 0 Å². The summed E-state index contributed by atoms with van der Waals surface area (Å²) in [6, 6.07) is 2.83. The van der Waals surface area contributed by atoms with E-state index in [9.17, 15) is 33.6 Å². The lowest BCUT2D eigenvalue weighted by Gasteiger charge is -2.20. The zero-order valence-corrected chi connectivity index (χ0v) is 11.2. The fourth-order valence-electron chi connectivity index (χ4n) is 2.08. The Morgan fingerprint density at radius 1 is 1.00 bits per heavy atom. The van der Waals surface area contributed by atoms with E-state index in [0.717, 1.165) is 0 Å². The number of aliphatic carboxylic acids is 1. The monoisotopic (exact) mass is 317 g/mol. The Kier molecular flexibility index (Phi) is 3.95. The predicted molar refractivity (Wildman–Crippen MR) is 69.5 cm³/mol. The van der Waals surface area contributed by atoms with E-state index in [1.165, 1.54) is 24.3 Å². The molecule has 116 valence electrons. The van der Waals surface area contributed by atoms with Gasteiger partial charge in [-0.2, -0.15) is 0 Å². The smallest absolute Gasteiger partial charge is 0.335 e. The molecule has 0 radical (unpaired) electrons. The minimum atomic E-state index is -2.52. The molecule has 1 aromatic rings. The Hall–Kier alpha value is -3.49. The fraction of sp³-hybridized carbons (Fsp3) is 0.0714. The summed E-state index contributed by atoms with van der Waals surface area (Å²) in [6.07, 6.45) is -0.457. The molecule has 0 aliphatic carbocycles. The maximum Gasteiger partial charge on any atom is 0.335 e. The molecule has 9 nitrogen and oxygen atoms in total. The summed E-state index contributed by atoms with van der Waals surface area (Å²) in [5.41, 5.74) is -0.267. The Labute approximate surface area is 127 Å². The van der Waals surface area contributed by atoms with Gasteiger partial charge in [-0.25, -0.2) is 4.79 Å². The summed E-state index contributed by atoms with van der Waals surface area (Å²) in [5, 5.41) is 9.10. The summed E-state index contributed by atoms with van der Waals surface area (Å²) in [6.45, 7) is 0. The molecular weight excluding hydrogens is 310 g/mol. The number of hydrogen-bond acceptors (Lipinski definition) is 7. The van der Waals surface area contributed by atoms with Gasteiger partial charge < -0.3 is 5.11 Å². The van der Waals surface area contributed by atoms with Gasteiger partial charge in [-0.05, 0) is 12.1 Å². The lowest BCUT2D eigenvalue weighted by atomic mass is 10.0. The number of carbonyl (C=O) groups is 7. The first-order chi connectivity index (χ1) is 10.8. The van der Waals surface area contributed by atoms with Crippen molar-refractivity contribution in [3.63, 3.8) is 0 Å². The number of ketones is 3. The molecule has 0 spiro atoms. The first-order valence-corrected chi connectivity index (χ1v) is 6.08. The molecule has 0 saturated heterocycles. The number of nitrogens with zero attached hydrogens (tertiary/aromatic N) is 1. The van der Waals surface area contributed by atoms with Crippen LogP contribution >= 0.6 is 0 Å². The summed E-state index contributed by atoms with van der Waals surface area (Å²) in [7, 11) is 0. The molecule has 1 heterocycles. The number of imide groups is 1. The highest BCUT2D eigenvalue weighted by Crippen LogP contribution is 2.25. The molecule has 1 aliphatic heterocycles. The highest BCUT2D eigenvalue weighted by molar-refractivity contribution is 6.76. The van der Waals surface area contributed by atoms with Gasteiger partial charge in [0.05, 0.1) is 11.1 Å². The van der Waals surface area contributed by atoms with Crippen LogP contribution in [0.2, 0.25) is 0 Å². The van der Waals surface area contributed by atoms with Crippen LogP contribution in [0.1, 0.15) is 20.7 Å². The normalized spacial score (nSPS) is 14.2. The lowest BCUT2D eigenvalue weighted by Crippen LogP contribution is -2.53. The van der Waals surface area contributed by atoms with Crippen LogP contribution in [0.5, 0.6) is 0 Å². The Bertz CT molecular complexity index is 759. The van der Waals surface area contributed by atoms with Crippen LogP contribution in [0, 0.1) is 0 Å². The van der Waals surface area contributed by atoms with Gasteiger partial charge in [0.2, 0.25) is 11.8 Å². The van der Waals surface area contributed by atoms with Crippen molar-refractivity contribution in [1.82, 2.24) is 4.90 Å². The third kappa shape index (κ3) is 2.44. The average molecular weight is 317 g/mol. The SMILES string of the molecule is O=CC(=O)C(=O)C(=O)C(C(=O)O)N1C(=O)c2ccccc2C1=O. The van der Waals surface area contributed by atoms with E-state index in [1.807, 2.05) is 0 Å². The number of hydrogen-bond donors (Lipinski definition) is 1. The Morgan fingerprint density at radius 2 is 1.48 bits per heavy atom. The third-order valence-corrected chi connectivity index (χ3v) is 3.12. The van der Waals surface area contributed by atoms with Gasteiger partial charge >= 0.3 is 5.97 Å². The molecule has 0 bridgehead atoms. The number of fused-ring (bicyclic) bond motifs is 1. The van der Waals surface area contributed by atoms with E-state index in [0.29, 0.717) is 0 Å². The highest BCUT2D eigenvalue weighted by atomic mass is 16.4. The first-order valence-electron chi connectivity index (χ1n) is 6.08. The topological polar surface area (TPSA) is 143 Å².